The lowest BCUT2D eigenvalue weighted by Gasteiger charge is -2.29. The molecule has 1 amide bonds. The van der Waals surface area contributed by atoms with E-state index in [2.05, 4.69) is 10.4 Å². The van der Waals surface area contributed by atoms with E-state index < -0.39 is 0 Å². The quantitative estimate of drug-likeness (QED) is 0.877. The molecule has 112 valence electrons. The number of nitrogens with one attached hydrogen (secondary N) is 1. The Balaban J connectivity index is 1.90. The molecule has 0 saturated heterocycles. The Labute approximate surface area is 124 Å². The zero-order chi connectivity index (χ0) is 14.6. The number of hydrogen-bond acceptors (Lipinski definition) is 3. The van der Waals surface area contributed by atoms with Crippen molar-refractivity contribution in [2.75, 3.05) is 20.3 Å². The molecule has 2 rings (SSSR count). The number of rotatable bonds is 6. The highest BCUT2D eigenvalue weighted by Gasteiger charge is 2.34. The number of halogens is 1. The first-order chi connectivity index (χ1) is 9.56. The van der Waals surface area contributed by atoms with E-state index in [4.69, 9.17) is 16.3 Å². The van der Waals surface area contributed by atoms with E-state index in [0.717, 1.165) is 12.8 Å². The van der Waals surface area contributed by atoms with Crippen LogP contribution in [-0.4, -0.2) is 35.9 Å². The summed E-state index contributed by atoms with van der Waals surface area (Å²) in [4.78, 5) is 12.2. The van der Waals surface area contributed by atoms with Gasteiger partial charge in [0.15, 0.2) is 0 Å². The van der Waals surface area contributed by atoms with Gasteiger partial charge in [0.1, 0.15) is 6.04 Å². The molecule has 0 radical (unpaired) electrons. The highest BCUT2D eigenvalue weighted by Crippen LogP contribution is 2.37. The average molecular weight is 300 g/mol. The molecule has 0 spiro atoms. The second-order valence-corrected chi connectivity index (χ2v) is 6.11. The van der Waals surface area contributed by atoms with Gasteiger partial charge >= 0.3 is 0 Å². The van der Waals surface area contributed by atoms with Crippen molar-refractivity contribution in [3.8, 4) is 0 Å². The molecular weight excluding hydrogens is 278 g/mol. The van der Waals surface area contributed by atoms with Crippen LogP contribution in [0.15, 0.2) is 12.4 Å². The van der Waals surface area contributed by atoms with Gasteiger partial charge < -0.3 is 10.1 Å². The van der Waals surface area contributed by atoms with Crippen LogP contribution < -0.4 is 5.32 Å². The summed E-state index contributed by atoms with van der Waals surface area (Å²) >= 11 is 5.82. The molecule has 1 aromatic rings. The van der Waals surface area contributed by atoms with Crippen LogP contribution in [0.5, 0.6) is 0 Å². The Morgan fingerprint density at radius 3 is 2.85 bits per heavy atom. The number of ether oxygens (including phenoxy) is 1. The molecular formula is C14H22ClN3O2. The normalized spacial score (nSPS) is 18.9. The van der Waals surface area contributed by atoms with Crippen LogP contribution >= 0.6 is 11.6 Å². The molecule has 5 nitrogen and oxygen atoms in total. The van der Waals surface area contributed by atoms with Crippen LogP contribution in [0.4, 0.5) is 0 Å². The van der Waals surface area contributed by atoms with Crippen molar-refractivity contribution >= 4 is 17.5 Å². The first-order valence-corrected chi connectivity index (χ1v) is 7.40. The van der Waals surface area contributed by atoms with Crippen LogP contribution in [0.1, 0.15) is 38.6 Å². The van der Waals surface area contributed by atoms with E-state index in [9.17, 15) is 4.79 Å². The third-order valence-corrected chi connectivity index (χ3v) is 4.29. The zero-order valence-corrected chi connectivity index (χ0v) is 12.8. The third kappa shape index (κ3) is 3.52. The van der Waals surface area contributed by atoms with Crippen LogP contribution in [0, 0.1) is 5.41 Å². The van der Waals surface area contributed by atoms with Crippen LogP contribution in [-0.2, 0) is 9.53 Å². The van der Waals surface area contributed by atoms with Crippen molar-refractivity contribution in [3.63, 3.8) is 0 Å². The Bertz CT molecular complexity index is 455. The molecule has 1 fully saturated rings. The summed E-state index contributed by atoms with van der Waals surface area (Å²) in [5, 5.41) is 7.64. The van der Waals surface area contributed by atoms with Crippen molar-refractivity contribution in [2.24, 2.45) is 5.41 Å². The molecule has 1 aliphatic rings. The predicted octanol–water partition coefficient (Wildman–Crippen LogP) is 2.42. The van der Waals surface area contributed by atoms with Gasteiger partial charge in [-0.3, -0.25) is 9.48 Å². The Morgan fingerprint density at radius 1 is 1.60 bits per heavy atom. The van der Waals surface area contributed by atoms with Crippen molar-refractivity contribution in [1.82, 2.24) is 15.1 Å². The highest BCUT2D eigenvalue weighted by molar-refractivity contribution is 6.30. The minimum Gasteiger partial charge on any atom is -0.384 e. The standard InChI is InChI=1S/C14H22ClN3O2/c1-11(18-8-12(15)7-17-18)13(19)16-9-14(10-20-2)5-3-4-6-14/h7-8,11H,3-6,9-10H2,1-2H3,(H,16,19)/t11-/m1/s1. The molecule has 1 atom stereocenters. The molecule has 1 N–H and O–H groups in total. The monoisotopic (exact) mass is 299 g/mol. The maximum absolute atomic E-state index is 12.2. The molecule has 1 heterocycles. The van der Waals surface area contributed by atoms with Crippen molar-refractivity contribution in [1.29, 1.82) is 0 Å². The smallest absolute Gasteiger partial charge is 0.244 e. The minimum absolute atomic E-state index is 0.0351. The Kier molecular flexibility index (Phi) is 5.05. The summed E-state index contributed by atoms with van der Waals surface area (Å²) in [7, 11) is 1.72. The molecule has 1 aliphatic carbocycles. The summed E-state index contributed by atoms with van der Waals surface area (Å²) in [5.74, 6) is -0.0351. The summed E-state index contributed by atoms with van der Waals surface area (Å²) in [6, 6.07) is -0.358. The van der Waals surface area contributed by atoms with E-state index >= 15 is 0 Å². The lowest BCUT2D eigenvalue weighted by Crippen LogP contribution is -2.41. The first-order valence-electron chi connectivity index (χ1n) is 7.03. The molecule has 20 heavy (non-hydrogen) atoms. The van der Waals surface area contributed by atoms with Crippen molar-refractivity contribution < 1.29 is 9.53 Å². The predicted molar refractivity (Wildman–Crippen MR) is 77.7 cm³/mol. The zero-order valence-electron chi connectivity index (χ0n) is 12.1. The van der Waals surface area contributed by atoms with Crippen molar-refractivity contribution in [3.05, 3.63) is 17.4 Å². The van der Waals surface area contributed by atoms with Gasteiger partial charge in [-0.25, -0.2) is 0 Å². The van der Waals surface area contributed by atoms with Gasteiger partial charge in [-0.15, -0.1) is 0 Å². The highest BCUT2D eigenvalue weighted by atomic mass is 35.5. The van der Waals surface area contributed by atoms with Crippen molar-refractivity contribution in [2.45, 2.75) is 38.6 Å². The van der Waals surface area contributed by atoms with Gasteiger partial charge in [0, 0.05) is 25.3 Å². The third-order valence-electron chi connectivity index (χ3n) is 4.10. The number of methoxy groups -OCH3 is 1. The topological polar surface area (TPSA) is 56.1 Å². The number of hydrogen-bond donors (Lipinski definition) is 1. The largest absolute Gasteiger partial charge is 0.384 e. The van der Waals surface area contributed by atoms with E-state index in [0.29, 0.717) is 18.2 Å². The van der Waals surface area contributed by atoms with Gasteiger partial charge in [0.05, 0.1) is 17.8 Å². The summed E-state index contributed by atoms with van der Waals surface area (Å²) < 4.78 is 6.90. The molecule has 1 aromatic heterocycles. The van der Waals surface area contributed by atoms with E-state index in [1.807, 2.05) is 6.92 Å². The van der Waals surface area contributed by atoms with Gasteiger partial charge in [-0.2, -0.15) is 5.10 Å². The van der Waals surface area contributed by atoms with Gasteiger partial charge in [0.2, 0.25) is 5.91 Å². The fraction of sp³-hybridized carbons (Fsp3) is 0.714. The number of carbonyl (C=O) groups is 1. The second-order valence-electron chi connectivity index (χ2n) is 5.67. The van der Waals surface area contributed by atoms with Gasteiger partial charge in [0.25, 0.3) is 0 Å². The molecule has 0 aromatic carbocycles. The lowest BCUT2D eigenvalue weighted by atomic mass is 9.87. The number of aromatic nitrogens is 2. The molecule has 0 aliphatic heterocycles. The van der Waals surface area contributed by atoms with Gasteiger partial charge in [-0.1, -0.05) is 24.4 Å². The lowest BCUT2D eigenvalue weighted by molar-refractivity contribution is -0.124. The molecule has 0 unspecified atom stereocenters. The molecule has 6 heteroatoms. The maximum Gasteiger partial charge on any atom is 0.244 e. The van der Waals surface area contributed by atoms with Crippen LogP contribution in [0.3, 0.4) is 0 Å². The summed E-state index contributed by atoms with van der Waals surface area (Å²) in [5.41, 5.74) is 0.103. The molecule has 1 saturated carbocycles. The number of carbonyl (C=O) groups excluding carboxylic acids is 1. The Hall–Kier alpha value is -1.07. The van der Waals surface area contributed by atoms with E-state index in [-0.39, 0.29) is 17.4 Å². The van der Waals surface area contributed by atoms with E-state index in [1.165, 1.54) is 19.0 Å². The minimum atomic E-state index is -0.358. The van der Waals surface area contributed by atoms with Crippen LogP contribution in [0.25, 0.3) is 0 Å². The number of nitrogens with zero attached hydrogens (tertiary/aromatic N) is 2. The SMILES string of the molecule is COCC1(CNC(=O)[C@@H](C)n2cc(Cl)cn2)CCCC1. The maximum atomic E-state index is 12.2. The Morgan fingerprint density at radius 2 is 2.30 bits per heavy atom. The summed E-state index contributed by atoms with van der Waals surface area (Å²) in [6.45, 7) is 3.19. The fourth-order valence-corrected chi connectivity index (χ4v) is 3.02. The number of amides is 1. The van der Waals surface area contributed by atoms with Gasteiger partial charge in [-0.05, 0) is 19.8 Å². The first kappa shape index (κ1) is 15.3. The van der Waals surface area contributed by atoms with Crippen LogP contribution in [0.2, 0.25) is 5.02 Å². The second kappa shape index (κ2) is 6.59. The molecule has 0 bridgehead atoms. The average Bonchev–Trinajstić information content (AvgIpc) is 3.05. The van der Waals surface area contributed by atoms with E-state index in [1.54, 1.807) is 18.0 Å². The summed E-state index contributed by atoms with van der Waals surface area (Å²) in [6.07, 6.45) is 7.85. The fourth-order valence-electron chi connectivity index (χ4n) is 2.87.